The molecule has 0 saturated heterocycles. The Bertz CT molecular complexity index is 441. The summed E-state index contributed by atoms with van der Waals surface area (Å²) in [5, 5.41) is 3.81. The van der Waals surface area contributed by atoms with Gasteiger partial charge in [-0.1, -0.05) is 6.08 Å². The van der Waals surface area contributed by atoms with Crippen LogP contribution in [0, 0.1) is 0 Å². The zero-order chi connectivity index (χ0) is 13.7. The lowest BCUT2D eigenvalue weighted by molar-refractivity contribution is 0.0607. The molecule has 0 unspecified atom stereocenters. The van der Waals surface area contributed by atoms with Crippen molar-refractivity contribution in [3.63, 3.8) is 0 Å². The lowest BCUT2D eigenvalue weighted by Gasteiger charge is -2.11. The Morgan fingerprint density at radius 3 is 2.78 bits per heavy atom. The van der Waals surface area contributed by atoms with Gasteiger partial charge < -0.3 is 20.5 Å². The van der Waals surface area contributed by atoms with Crippen LogP contribution in [0.15, 0.2) is 12.7 Å². The molecule has 0 bridgehead atoms. The zero-order valence-corrected chi connectivity index (χ0v) is 11.6. The highest BCUT2D eigenvalue weighted by molar-refractivity contribution is 7.19. The second kappa shape index (κ2) is 6.30. The van der Waals surface area contributed by atoms with Crippen molar-refractivity contribution in [2.75, 3.05) is 24.7 Å². The molecule has 18 heavy (non-hydrogen) atoms. The monoisotopic (exact) mass is 270 g/mol. The molecule has 1 heterocycles. The smallest absolute Gasteiger partial charge is 0.350 e. The van der Waals surface area contributed by atoms with E-state index in [2.05, 4.69) is 16.6 Å². The Labute approximate surface area is 111 Å². The largest absolute Gasteiger partial charge is 0.486 e. The van der Waals surface area contributed by atoms with E-state index in [4.69, 9.17) is 10.5 Å². The molecule has 0 aromatic carbocycles. The summed E-state index contributed by atoms with van der Waals surface area (Å²) in [7, 11) is 1.32. The number of anilines is 2. The third kappa shape index (κ3) is 3.16. The third-order valence-corrected chi connectivity index (χ3v) is 3.16. The van der Waals surface area contributed by atoms with E-state index in [1.807, 2.05) is 13.8 Å². The number of hydrogen-bond acceptors (Lipinski definition) is 6. The number of methoxy groups -OCH3 is 1. The molecule has 0 aliphatic heterocycles. The van der Waals surface area contributed by atoms with Gasteiger partial charge in [-0.2, -0.15) is 0 Å². The zero-order valence-electron chi connectivity index (χ0n) is 10.8. The first-order valence-corrected chi connectivity index (χ1v) is 6.34. The van der Waals surface area contributed by atoms with Gasteiger partial charge in [0.05, 0.1) is 13.2 Å². The van der Waals surface area contributed by atoms with Gasteiger partial charge in [-0.3, -0.25) is 0 Å². The molecule has 0 amide bonds. The van der Waals surface area contributed by atoms with E-state index in [-0.39, 0.29) is 6.10 Å². The quantitative estimate of drug-likeness (QED) is 0.613. The molecule has 1 rings (SSSR count). The van der Waals surface area contributed by atoms with Crippen LogP contribution in [0.3, 0.4) is 0 Å². The molecule has 1 aromatic heterocycles. The molecule has 0 saturated carbocycles. The van der Waals surface area contributed by atoms with E-state index in [0.717, 1.165) is 0 Å². The van der Waals surface area contributed by atoms with Gasteiger partial charge in [-0.15, -0.1) is 17.9 Å². The number of thiophene rings is 1. The molecule has 0 aliphatic rings. The van der Waals surface area contributed by atoms with Crippen molar-refractivity contribution >= 4 is 28.0 Å². The number of nitrogens with two attached hydrogens (primary N) is 1. The lowest BCUT2D eigenvalue weighted by Crippen LogP contribution is -2.09. The number of rotatable bonds is 6. The Morgan fingerprint density at radius 1 is 1.61 bits per heavy atom. The van der Waals surface area contributed by atoms with Crippen LogP contribution in [0.4, 0.5) is 10.7 Å². The van der Waals surface area contributed by atoms with Gasteiger partial charge in [0.15, 0.2) is 5.75 Å². The second-order valence-corrected chi connectivity index (χ2v) is 4.85. The van der Waals surface area contributed by atoms with Gasteiger partial charge in [0.2, 0.25) is 0 Å². The molecular formula is C12H18N2O3S. The second-order valence-electron chi connectivity index (χ2n) is 3.83. The Morgan fingerprint density at radius 2 is 2.28 bits per heavy atom. The van der Waals surface area contributed by atoms with Crippen LogP contribution < -0.4 is 15.8 Å². The molecule has 6 heteroatoms. The first-order valence-electron chi connectivity index (χ1n) is 5.53. The first-order chi connectivity index (χ1) is 8.51. The lowest BCUT2D eigenvalue weighted by atomic mass is 10.3. The fourth-order valence-corrected chi connectivity index (χ4v) is 2.29. The molecule has 100 valence electrons. The highest BCUT2D eigenvalue weighted by Gasteiger charge is 2.23. The maximum atomic E-state index is 11.6. The van der Waals surface area contributed by atoms with Crippen LogP contribution in [-0.4, -0.2) is 25.7 Å². The molecule has 0 aliphatic carbocycles. The standard InChI is InChI=1S/C12H18N2O3S/c1-5-6-14-11-9(17-7(2)3)8(13)10(18-11)12(15)16-4/h5,7,14H,1,6,13H2,2-4H3. The predicted molar refractivity (Wildman–Crippen MR) is 74.5 cm³/mol. The number of carbonyl (C=O) groups excluding carboxylic acids is 1. The summed E-state index contributed by atoms with van der Waals surface area (Å²) in [5.74, 6) is 0.0370. The molecule has 0 fully saturated rings. The summed E-state index contributed by atoms with van der Waals surface area (Å²) in [6.45, 7) is 7.98. The summed E-state index contributed by atoms with van der Waals surface area (Å²) < 4.78 is 10.3. The van der Waals surface area contributed by atoms with E-state index in [1.165, 1.54) is 18.4 Å². The summed E-state index contributed by atoms with van der Waals surface area (Å²) in [6.07, 6.45) is 1.68. The molecule has 3 N–H and O–H groups in total. The number of esters is 1. The Balaban J connectivity index is 3.13. The molecule has 1 aromatic rings. The average Bonchev–Trinajstić information content (AvgIpc) is 2.63. The van der Waals surface area contributed by atoms with E-state index < -0.39 is 5.97 Å². The molecule has 0 radical (unpaired) electrons. The highest BCUT2D eigenvalue weighted by atomic mass is 32.1. The van der Waals surface area contributed by atoms with Gasteiger partial charge in [0.1, 0.15) is 15.6 Å². The summed E-state index contributed by atoms with van der Waals surface area (Å²) in [4.78, 5) is 11.9. The number of hydrogen-bond donors (Lipinski definition) is 2. The van der Waals surface area contributed by atoms with E-state index >= 15 is 0 Å². The third-order valence-electron chi connectivity index (χ3n) is 2.03. The minimum absolute atomic E-state index is 0.0309. The van der Waals surface area contributed by atoms with Crippen LogP contribution in [0.25, 0.3) is 0 Å². The fraction of sp³-hybridized carbons (Fsp3) is 0.417. The van der Waals surface area contributed by atoms with E-state index in [9.17, 15) is 4.79 Å². The topological polar surface area (TPSA) is 73.6 Å². The molecule has 0 spiro atoms. The molecular weight excluding hydrogens is 252 g/mol. The van der Waals surface area contributed by atoms with Crippen molar-refractivity contribution in [3.05, 3.63) is 17.5 Å². The van der Waals surface area contributed by atoms with Crippen molar-refractivity contribution in [2.45, 2.75) is 20.0 Å². The summed E-state index contributed by atoms with van der Waals surface area (Å²) in [6, 6.07) is 0. The van der Waals surface area contributed by atoms with Crippen molar-refractivity contribution < 1.29 is 14.3 Å². The number of carbonyl (C=O) groups is 1. The maximum Gasteiger partial charge on any atom is 0.350 e. The average molecular weight is 270 g/mol. The maximum absolute atomic E-state index is 11.6. The SMILES string of the molecule is C=CCNc1sc(C(=O)OC)c(N)c1OC(C)C. The minimum Gasteiger partial charge on any atom is -0.486 e. The molecule has 5 nitrogen and oxygen atoms in total. The minimum atomic E-state index is -0.460. The molecule has 0 atom stereocenters. The number of nitrogen functional groups attached to an aromatic ring is 1. The number of ether oxygens (including phenoxy) is 2. The first kappa shape index (κ1) is 14.4. The van der Waals surface area contributed by atoms with Crippen LogP contribution in [-0.2, 0) is 4.74 Å². The Kier molecular flexibility index (Phi) is 5.03. The van der Waals surface area contributed by atoms with Crippen molar-refractivity contribution in [2.24, 2.45) is 0 Å². The van der Waals surface area contributed by atoms with Crippen LogP contribution >= 0.6 is 11.3 Å². The Hall–Kier alpha value is -1.69. The predicted octanol–water partition coefficient (Wildman–Crippen LogP) is 2.50. The van der Waals surface area contributed by atoms with Crippen molar-refractivity contribution in [1.29, 1.82) is 0 Å². The van der Waals surface area contributed by atoms with Crippen LogP contribution in [0.2, 0.25) is 0 Å². The van der Waals surface area contributed by atoms with Crippen molar-refractivity contribution in [1.82, 2.24) is 0 Å². The number of nitrogens with one attached hydrogen (secondary N) is 1. The van der Waals surface area contributed by atoms with E-state index in [0.29, 0.717) is 27.9 Å². The van der Waals surface area contributed by atoms with Gasteiger partial charge in [-0.05, 0) is 13.8 Å². The van der Waals surface area contributed by atoms with Gasteiger partial charge in [0.25, 0.3) is 0 Å². The van der Waals surface area contributed by atoms with Gasteiger partial charge in [0, 0.05) is 6.54 Å². The van der Waals surface area contributed by atoms with Gasteiger partial charge in [-0.25, -0.2) is 4.79 Å². The summed E-state index contributed by atoms with van der Waals surface area (Å²) >= 11 is 1.22. The normalized spacial score (nSPS) is 10.2. The van der Waals surface area contributed by atoms with Gasteiger partial charge >= 0.3 is 5.97 Å². The van der Waals surface area contributed by atoms with Crippen molar-refractivity contribution in [3.8, 4) is 5.75 Å². The highest BCUT2D eigenvalue weighted by Crippen LogP contribution is 2.43. The van der Waals surface area contributed by atoms with E-state index in [1.54, 1.807) is 6.08 Å². The van der Waals surface area contributed by atoms with Crippen LogP contribution in [0.1, 0.15) is 23.5 Å². The fourth-order valence-electron chi connectivity index (χ4n) is 1.31. The summed E-state index contributed by atoms with van der Waals surface area (Å²) in [5.41, 5.74) is 6.23. The van der Waals surface area contributed by atoms with Crippen LogP contribution in [0.5, 0.6) is 5.75 Å².